The number of nitrogens with zero attached hydrogens (tertiary/aromatic N) is 2. The summed E-state index contributed by atoms with van der Waals surface area (Å²) in [5, 5.41) is 31.8. The van der Waals surface area contributed by atoms with Crippen LogP contribution in [-0.2, 0) is 4.74 Å². The van der Waals surface area contributed by atoms with Gasteiger partial charge in [0.25, 0.3) is 5.56 Å². The number of aromatic amines is 1. The monoisotopic (exact) mass is 323 g/mol. The average Bonchev–Trinajstić information content (AvgIpc) is 2.61. The Kier molecular flexibility index (Phi) is 3.64. The van der Waals surface area contributed by atoms with Gasteiger partial charge in [0.05, 0.1) is 6.61 Å². The summed E-state index contributed by atoms with van der Waals surface area (Å²) < 4.78 is 5.63. The number of H-pyrrole nitrogens is 1. The predicted molar refractivity (Wildman–Crippen MR) is 59.8 cm³/mol. The molecule has 1 saturated heterocycles. The summed E-state index contributed by atoms with van der Waals surface area (Å²) in [7, 11) is 0. The van der Waals surface area contributed by atoms with Crippen LogP contribution in [0.4, 0.5) is 0 Å². The summed E-state index contributed by atoms with van der Waals surface area (Å²) in [5.74, 6) is 0. The first-order chi connectivity index (χ1) is 8.45. The Morgan fingerprint density at radius 3 is 2.61 bits per heavy atom. The Morgan fingerprint density at radius 2 is 2.06 bits per heavy atom. The molecule has 1 aromatic heterocycles. The third kappa shape index (κ3) is 2.12. The summed E-state index contributed by atoms with van der Waals surface area (Å²) in [4.78, 5) is 24.6. The highest BCUT2D eigenvalue weighted by atomic mass is 79.9. The number of nitrogens with one attached hydrogen (secondary N) is 1. The number of rotatable bonds is 2. The molecule has 0 saturated carbocycles. The zero-order valence-corrected chi connectivity index (χ0v) is 10.4. The van der Waals surface area contributed by atoms with Crippen LogP contribution >= 0.6 is 15.9 Å². The fourth-order valence-corrected chi connectivity index (χ4v) is 1.92. The number of aliphatic hydroxyl groups is 3. The zero-order chi connectivity index (χ0) is 13.4. The number of halogens is 1. The number of ether oxygens (including phenoxy) is 1. The minimum absolute atomic E-state index is 0.167. The van der Waals surface area contributed by atoms with Crippen molar-refractivity contribution in [3.05, 3.63) is 25.4 Å². The SMILES string of the molecule is O=c1[nH]c(=O)n([C@@H]2O[C@H](CO)[C@@H](O)[C@H]2O)nc1Br. The second kappa shape index (κ2) is 4.90. The van der Waals surface area contributed by atoms with E-state index in [-0.39, 0.29) is 4.60 Å². The van der Waals surface area contributed by atoms with Crippen molar-refractivity contribution in [1.82, 2.24) is 14.8 Å². The lowest BCUT2D eigenvalue weighted by molar-refractivity contribution is -0.0620. The van der Waals surface area contributed by atoms with Crippen LogP contribution in [0.3, 0.4) is 0 Å². The summed E-state index contributed by atoms with van der Waals surface area (Å²) in [5.41, 5.74) is -1.61. The maximum absolute atomic E-state index is 11.5. The number of hydrogen-bond acceptors (Lipinski definition) is 7. The smallest absolute Gasteiger partial charge is 0.347 e. The molecular formula is C8H10BrN3O6. The van der Waals surface area contributed by atoms with E-state index in [0.29, 0.717) is 4.68 Å². The molecule has 0 spiro atoms. The van der Waals surface area contributed by atoms with E-state index in [1.54, 1.807) is 0 Å². The van der Waals surface area contributed by atoms with Crippen LogP contribution in [0.5, 0.6) is 0 Å². The highest BCUT2D eigenvalue weighted by Gasteiger charge is 2.44. The van der Waals surface area contributed by atoms with Gasteiger partial charge >= 0.3 is 5.69 Å². The third-order valence-corrected chi connectivity index (χ3v) is 3.09. The lowest BCUT2D eigenvalue weighted by Gasteiger charge is -2.15. The van der Waals surface area contributed by atoms with Gasteiger partial charge in [-0.05, 0) is 15.9 Å². The van der Waals surface area contributed by atoms with Gasteiger partial charge in [-0.1, -0.05) is 0 Å². The molecule has 0 amide bonds. The van der Waals surface area contributed by atoms with Gasteiger partial charge in [0.2, 0.25) is 0 Å². The van der Waals surface area contributed by atoms with E-state index in [4.69, 9.17) is 9.84 Å². The Balaban J connectivity index is 2.42. The standard InChI is InChI=1S/C8H10BrN3O6/c9-5-6(16)10-8(17)12(11-5)7-4(15)3(14)2(1-13)18-7/h2-4,7,13-15H,1H2,(H,10,16,17)/t2-,3-,4-,7-/m1/s1. The first-order valence-corrected chi connectivity index (χ1v) is 5.76. The van der Waals surface area contributed by atoms with Crippen molar-refractivity contribution >= 4 is 15.9 Å². The molecule has 1 aliphatic rings. The van der Waals surface area contributed by atoms with Gasteiger partial charge in [-0.15, -0.1) is 0 Å². The van der Waals surface area contributed by atoms with E-state index in [1.165, 1.54) is 0 Å². The molecule has 0 aliphatic carbocycles. The number of aromatic nitrogens is 3. The van der Waals surface area contributed by atoms with Crippen molar-refractivity contribution < 1.29 is 20.1 Å². The van der Waals surface area contributed by atoms with Gasteiger partial charge in [0.15, 0.2) is 10.8 Å². The first kappa shape index (κ1) is 13.4. The Hall–Kier alpha value is -1.07. The zero-order valence-electron chi connectivity index (χ0n) is 8.86. The van der Waals surface area contributed by atoms with E-state index in [2.05, 4.69) is 21.0 Å². The lowest BCUT2D eigenvalue weighted by Crippen LogP contribution is -2.40. The van der Waals surface area contributed by atoms with Crippen molar-refractivity contribution in [2.24, 2.45) is 0 Å². The van der Waals surface area contributed by atoms with E-state index in [9.17, 15) is 19.8 Å². The molecule has 1 fully saturated rings. The molecule has 100 valence electrons. The molecule has 1 aliphatic heterocycles. The molecular weight excluding hydrogens is 314 g/mol. The molecule has 1 aromatic rings. The molecule has 0 radical (unpaired) electrons. The van der Waals surface area contributed by atoms with Gasteiger partial charge < -0.3 is 20.1 Å². The molecule has 18 heavy (non-hydrogen) atoms. The summed E-state index contributed by atoms with van der Waals surface area (Å²) >= 11 is 2.83. The Labute approximate surface area is 108 Å². The van der Waals surface area contributed by atoms with E-state index < -0.39 is 42.4 Å². The summed E-state index contributed by atoms with van der Waals surface area (Å²) in [6.07, 6.45) is -5.09. The summed E-state index contributed by atoms with van der Waals surface area (Å²) in [6.45, 7) is -0.520. The third-order valence-electron chi connectivity index (χ3n) is 2.57. The molecule has 0 aromatic carbocycles. The van der Waals surface area contributed by atoms with Crippen molar-refractivity contribution in [3.63, 3.8) is 0 Å². The second-order valence-electron chi connectivity index (χ2n) is 3.72. The molecule has 2 rings (SSSR count). The molecule has 4 atom stereocenters. The van der Waals surface area contributed by atoms with Gasteiger partial charge in [0.1, 0.15) is 18.3 Å². The van der Waals surface area contributed by atoms with Crippen molar-refractivity contribution in [2.45, 2.75) is 24.5 Å². The largest absolute Gasteiger partial charge is 0.394 e. The van der Waals surface area contributed by atoms with Crippen LogP contribution in [0, 0.1) is 0 Å². The number of hydrogen-bond donors (Lipinski definition) is 4. The highest BCUT2D eigenvalue weighted by Crippen LogP contribution is 2.27. The van der Waals surface area contributed by atoms with E-state index >= 15 is 0 Å². The van der Waals surface area contributed by atoms with Crippen LogP contribution in [-0.4, -0.2) is 55.0 Å². The highest BCUT2D eigenvalue weighted by molar-refractivity contribution is 9.10. The maximum Gasteiger partial charge on any atom is 0.347 e. The van der Waals surface area contributed by atoms with Crippen LogP contribution in [0.2, 0.25) is 0 Å². The predicted octanol–water partition coefficient (Wildman–Crippen LogP) is -2.69. The molecule has 10 heteroatoms. The minimum atomic E-state index is -1.44. The molecule has 0 unspecified atom stereocenters. The van der Waals surface area contributed by atoms with Crippen molar-refractivity contribution in [2.75, 3.05) is 6.61 Å². The second-order valence-corrected chi connectivity index (χ2v) is 4.47. The molecule has 4 N–H and O–H groups in total. The fraction of sp³-hybridized carbons (Fsp3) is 0.625. The topological polar surface area (TPSA) is 138 Å². The van der Waals surface area contributed by atoms with Gasteiger partial charge in [-0.25, -0.2) is 4.79 Å². The lowest BCUT2D eigenvalue weighted by atomic mass is 10.1. The molecule has 9 nitrogen and oxygen atoms in total. The maximum atomic E-state index is 11.5. The van der Waals surface area contributed by atoms with Crippen LogP contribution in [0.15, 0.2) is 14.2 Å². The first-order valence-electron chi connectivity index (χ1n) is 4.96. The van der Waals surface area contributed by atoms with Gasteiger partial charge in [-0.2, -0.15) is 9.78 Å². The number of aliphatic hydroxyl groups excluding tert-OH is 3. The quantitative estimate of drug-likeness (QED) is 0.465. The van der Waals surface area contributed by atoms with E-state index in [1.807, 2.05) is 4.98 Å². The summed E-state index contributed by atoms with van der Waals surface area (Å²) in [6, 6.07) is 0. The normalized spacial score (nSPS) is 31.8. The molecule has 2 heterocycles. The van der Waals surface area contributed by atoms with Crippen molar-refractivity contribution in [1.29, 1.82) is 0 Å². The minimum Gasteiger partial charge on any atom is -0.394 e. The Bertz CT molecular complexity index is 556. The van der Waals surface area contributed by atoms with Gasteiger partial charge in [-0.3, -0.25) is 9.78 Å². The average molecular weight is 324 g/mol. The van der Waals surface area contributed by atoms with Crippen LogP contribution in [0.1, 0.15) is 6.23 Å². The fourth-order valence-electron chi connectivity index (χ4n) is 1.65. The van der Waals surface area contributed by atoms with Crippen LogP contribution in [0.25, 0.3) is 0 Å². The van der Waals surface area contributed by atoms with Crippen LogP contribution < -0.4 is 11.2 Å². The van der Waals surface area contributed by atoms with Gasteiger partial charge in [0, 0.05) is 0 Å². The molecule has 0 bridgehead atoms. The Morgan fingerprint density at radius 1 is 1.39 bits per heavy atom. The van der Waals surface area contributed by atoms with Crippen molar-refractivity contribution in [3.8, 4) is 0 Å². The van der Waals surface area contributed by atoms with E-state index in [0.717, 1.165) is 0 Å².